The minimum absolute atomic E-state index is 0.0420. The van der Waals surface area contributed by atoms with Crippen molar-refractivity contribution >= 4 is 35.1 Å². The molecular weight excluding hydrogens is 385 g/mol. The van der Waals surface area contributed by atoms with Gasteiger partial charge in [-0.25, -0.2) is 0 Å². The Labute approximate surface area is 171 Å². The Balaban J connectivity index is 1.53. The van der Waals surface area contributed by atoms with Gasteiger partial charge in [-0.2, -0.15) is 0 Å². The third kappa shape index (κ3) is 4.97. The Bertz CT molecular complexity index is 666. The summed E-state index contributed by atoms with van der Waals surface area (Å²) < 4.78 is 5.05. The predicted molar refractivity (Wildman–Crippen MR) is 107 cm³/mol. The number of ether oxygens (including phenoxy) is 1. The van der Waals surface area contributed by atoms with E-state index in [1.165, 1.54) is 0 Å². The summed E-state index contributed by atoms with van der Waals surface area (Å²) in [4.78, 5) is 26.7. The molecule has 1 aromatic rings. The molecular formula is C21H27Cl2NO3. The van der Waals surface area contributed by atoms with E-state index in [1.807, 2.05) is 25.1 Å². The van der Waals surface area contributed by atoms with Crippen LogP contribution in [0.4, 0.5) is 0 Å². The molecule has 0 spiro atoms. The lowest BCUT2D eigenvalue weighted by molar-refractivity contribution is -0.145. The summed E-state index contributed by atoms with van der Waals surface area (Å²) in [6.07, 6.45) is 5.85. The fourth-order valence-corrected chi connectivity index (χ4v) is 4.96. The van der Waals surface area contributed by atoms with Crippen LogP contribution in [0.5, 0.6) is 0 Å². The van der Waals surface area contributed by atoms with Gasteiger partial charge >= 0.3 is 5.97 Å². The summed E-state index contributed by atoms with van der Waals surface area (Å²) in [7, 11) is 0. The number of hydrogen-bond acceptors (Lipinski definition) is 3. The molecule has 27 heavy (non-hydrogen) atoms. The van der Waals surface area contributed by atoms with E-state index in [0.29, 0.717) is 41.5 Å². The average molecular weight is 412 g/mol. The highest BCUT2D eigenvalue weighted by atomic mass is 35.5. The van der Waals surface area contributed by atoms with Crippen molar-refractivity contribution in [1.29, 1.82) is 0 Å². The van der Waals surface area contributed by atoms with Crippen LogP contribution in [-0.2, 0) is 20.7 Å². The monoisotopic (exact) mass is 411 g/mol. The normalized spacial score (nSPS) is 25.7. The fourth-order valence-electron chi connectivity index (χ4n) is 4.40. The maximum atomic E-state index is 12.9. The van der Waals surface area contributed by atoms with Crippen molar-refractivity contribution < 1.29 is 14.3 Å². The zero-order valence-corrected chi connectivity index (χ0v) is 17.3. The molecule has 3 rings (SSSR count). The third-order valence-electron chi connectivity index (χ3n) is 5.88. The van der Waals surface area contributed by atoms with Crippen molar-refractivity contribution in [3.05, 3.63) is 33.8 Å². The summed E-state index contributed by atoms with van der Waals surface area (Å²) in [6, 6.07) is 5.77. The smallest absolute Gasteiger partial charge is 0.306 e. The van der Waals surface area contributed by atoms with Gasteiger partial charge < -0.3 is 9.64 Å². The molecule has 1 atom stereocenters. The molecule has 0 radical (unpaired) electrons. The standard InChI is InChI=1S/C21H27Cl2NO3/c1-2-27-20(25)12-14-6-8-16(9-7-14)24-11-10-15(21(24)26)13-17-18(22)4-3-5-19(17)23/h3-5,14-16H,2,6-13H2,1H3. The van der Waals surface area contributed by atoms with Gasteiger partial charge in [-0.1, -0.05) is 29.3 Å². The van der Waals surface area contributed by atoms with Gasteiger partial charge in [-0.15, -0.1) is 0 Å². The van der Waals surface area contributed by atoms with Crippen molar-refractivity contribution in [2.45, 2.75) is 57.9 Å². The molecule has 1 saturated carbocycles. The van der Waals surface area contributed by atoms with Crippen molar-refractivity contribution in [3.63, 3.8) is 0 Å². The van der Waals surface area contributed by atoms with Gasteiger partial charge in [-0.3, -0.25) is 9.59 Å². The van der Waals surface area contributed by atoms with Gasteiger partial charge in [0.1, 0.15) is 0 Å². The molecule has 1 saturated heterocycles. The predicted octanol–water partition coefficient (Wildman–Crippen LogP) is 4.90. The number of halogens is 2. The zero-order chi connectivity index (χ0) is 19.4. The number of amides is 1. The highest BCUT2D eigenvalue weighted by Crippen LogP contribution is 2.35. The second kappa shape index (κ2) is 9.29. The molecule has 1 aromatic carbocycles. The average Bonchev–Trinajstić information content (AvgIpc) is 3.00. The van der Waals surface area contributed by atoms with Crippen molar-refractivity contribution in [3.8, 4) is 0 Å². The number of esters is 1. The largest absolute Gasteiger partial charge is 0.466 e. The first-order chi connectivity index (χ1) is 13.0. The molecule has 1 aliphatic heterocycles. The molecule has 0 aromatic heterocycles. The van der Waals surface area contributed by atoms with E-state index >= 15 is 0 Å². The fraction of sp³-hybridized carbons (Fsp3) is 0.619. The highest BCUT2D eigenvalue weighted by Gasteiger charge is 2.38. The zero-order valence-electron chi connectivity index (χ0n) is 15.8. The maximum absolute atomic E-state index is 12.9. The lowest BCUT2D eigenvalue weighted by Crippen LogP contribution is -2.40. The molecule has 1 heterocycles. The number of carbonyl (C=O) groups is 2. The second-order valence-electron chi connectivity index (χ2n) is 7.61. The summed E-state index contributed by atoms with van der Waals surface area (Å²) in [5.74, 6) is 0.463. The van der Waals surface area contributed by atoms with E-state index in [-0.39, 0.29) is 17.8 Å². The molecule has 1 aliphatic carbocycles. The topological polar surface area (TPSA) is 46.6 Å². The SMILES string of the molecule is CCOC(=O)CC1CCC(N2CCC(Cc3c(Cl)cccc3Cl)C2=O)CC1. The van der Waals surface area contributed by atoms with Gasteiger partial charge in [-0.05, 0) is 69.1 Å². The maximum Gasteiger partial charge on any atom is 0.306 e. The molecule has 2 aliphatic rings. The van der Waals surface area contributed by atoms with Crippen LogP contribution < -0.4 is 0 Å². The van der Waals surface area contributed by atoms with E-state index in [1.54, 1.807) is 0 Å². The second-order valence-corrected chi connectivity index (χ2v) is 8.42. The molecule has 2 fully saturated rings. The van der Waals surface area contributed by atoms with Gasteiger partial charge in [0, 0.05) is 35.0 Å². The summed E-state index contributed by atoms with van der Waals surface area (Å²) in [5, 5.41) is 1.27. The van der Waals surface area contributed by atoms with E-state index in [4.69, 9.17) is 27.9 Å². The van der Waals surface area contributed by atoms with Gasteiger partial charge in [0.25, 0.3) is 0 Å². The number of benzene rings is 1. The Morgan fingerprint density at radius 2 is 1.81 bits per heavy atom. The van der Waals surface area contributed by atoms with Crippen molar-refractivity contribution in [2.24, 2.45) is 11.8 Å². The van der Waals surface area contributed by atoms with Crippen molar-refractivity contribution in [2.75, 3.05) is 13.2 Å². The van der Waals surface area contributed by atoms with Crippen LogP contribution in [0.25, 0.3) is 0 Å². The Hall–Kier alpha value is -1.26. The molecule has 4 nitrogen and oxygen atoms in total. The van der Waals surface area contributed by atoms with E-state index < -0.39 is 0 Å². The number of hydrogen-bond donors (Lipinski definition) is 0. The van der Waals surface area contributed by atoms with Crippen LogP contribution >= 0.6 is 23.2 Å². The first kappa shape index (κ1) is 20.5. The van der Waals surface area contributed by atoms with Gasteiger partial charge in [0.15, 0.2) is 0 Å². The Morgan fingerprint density at radius 1 is 1.15 bits per heavy atom. The lowest BCUT2D eigenvalue weighted by Gasteiger charge is -2.34. The number of nitrogens with zero attached hydrogens (tertiary/aromatic N) is 1. The minimum atomic E-state index is -0.102. The summed E-state index contributed by atoms with van der Waals surface area (Å²) in [6.45, 7) is 3.08. The lowest BCUT2D eigenvalue weighted by atomic mass is 9.83. The highest BCUT2D eigenvalue weighted by molar-refractivity contribution is 6.36. The van der Waals surface area contributed by atoms with E-state index in [0.717, 1.165) is 44.2 Å². The molecule has 1 unspecified atom stereocenters. The van der Waals surface area contributed by atoms with Crippen LogP contribution in [-0.4, -0.2) is 36.0 Å². The van der Waals surface area contributed by atoms with E-state index in [9.17, 15) is 9.59 Å². The van der Waals surface area contributed by atoms with Crippen LogP contribution in [0.15, 0.2) is 18.2 Å². The molecule has 0 bridgehead atoms. The van der Waals surface area contributed by atoms with Gasteiger partial charge in [0.05, 0.1) is 6.61 Å². The molecule has 1 amide bonds. The molecule has 148 valence electrons. The number of rotatable bonds is 6. The van der Waals surface area contributed by atoms with E-state index in [2.05, 4.69) is 4.90 Å². The quantitative estimate of drug-likeness (QED) is 0.625. The Morgan fingerprint density at radius 3 is 2.44 bits per heavy atom. The first-order valence-corrected chi connectivity index (χ1v) is 10.6. The molecule has 6 heteroatoms. The first-order valence-electron chi connectivity index (χ1n) is 9.88. The Kier molecular flexibility index (Phi) is 7.04. The van der Waals surface area contributed by atoms with Crippen LogP contribution in [0.3, 0.4) is 0 Å². The molecule has 0 N–H and O–H groups in total. The van der Waals surface area contributed by atoms with Gasteiger partial charge in [0.2, 0.25) is 5.91 Å². The number of likely N-dealkylation sites (tertiary alicyclic amines) is 1. The minimum Gasteiger partial charge on any atom is -0.466 e. The van der Waals surface area contributed by atoms with Crippen molar-refractivity contribution in [1.82, 2.24) is 4.90 Å². The third-order valence-corrected chi connectivity index (χ3v) is 6.59. The van der Waals surface area contributed by atoms with Crippen LogP contribution in [0.1, 0.15) is 51.0 Å². The summed E-state index contributed by atoms with van der Waals surface area (Å²) >= 11 is 12.5. The summed E-state index contributed by atoms with van der Waals surface area (Å²) in [5.41, 5.74) is 0.874. The number of carbonyl (C=O) groups excluding carboxylic acids is 2. The van der Waals surface area contributed by atoms with Crippen LogP contribution in [0.2, 0.25) is 10.0 Å². The van der Waals surface area contributed by atoms with Crippen LogP contribution in [0, 0.1) is 11.8 Å².